The van der Waals surface area contributed by atoms with Gasteiger partial charge in [0, 0.05) is 22.4 Å². The molecule has 0 aliphatic carbocycles. The second kappa shape index (κ2) is 10.3. The van der Waals surface area contributed by atoms with Crippen LogP contribution < -0.4 is 16.6 Å². The molecular weight excluding hydrogens is 366 g/mol. The molecule has 2 aromatic rings. The monoisotopic (exact) mass is 391 g/mol. The summed E-state index contributed by atoms with van der Waals surface area (Å²) >= 11 is 1.51. The normalized spacial score (nSPS) is 11.3. The summed E-state index contributed by atoms with van der Waals surface area (Å²) in [7, 11) is 1.63. The first-order chi connectivity index (χ1) is 13.5. The topological polar surface area (TPSA) is 67.2 Å². The number of rotatable bonds is 8. The average Bonchev–Trinajstić information content (AvgIpc) is 2.72. The second-order valence-electron chi connectivity index (χ2n) is 6.03. The summed E-state index contributed by atoms with van der Waals surface area (Å²) in [6, 6.07) is 13.4. The highest BCUT2D eigenvalue weighted by molar-refractivity contribution is 7.99. The van der Waals surface area contributed by atoms with Gasteiger partial charge < -0.3 is 10.7 Å². The lowest BCUT2D eigenvalue weighted by Crippen LogP contribution is -2.18. The first-order valence-electron chi connectivity index (χ1n) is 8.76. The quantitative estimate of drug-likeness (QED) is 0.329. The number of carbonyl (C=O) groups is 1. The summed E-state index contributed by atoms with van der Waals surface area (Å²) in [5, 5.41) is 2.67. The number of nitrogen functional groups attached to an aromatic ring is 1. The SMILES string of the molecule is C=C/C=C(C)/C=C/C(=C)c1ccc(Sc2ccccc2C(=O)NC)cc1NN. The molecule has 0 aliphatic rings. The fourth-order valence-corrected chi connectivity index (χ4v) is 3.54. The highest BCUT2D eigenvalue weighted by Crippen LogP contribution is 2.34. The van der Waals surface area contributed by atoms with Gasteiger partial charge in [-0.25, -0.2) is 0 Å². The minimum absolute atomic E-state index is 0.113. The smallest absolute Gasteiger partial charge is 0.252 e. The van der Waals surface area contributed by atoms with Crippen molar-refractivity contribution >= 4 is 28.9 Å². The highest BCUT2D eigenvalue weighted by Gasteiger charge is 2.12. The maximum absolute atomic E-state index is 12.1. The van der Waals surface area contributed by atoms with Crippen molar-refractivity contribution in [2.75, 3.05) is 12.5 Å². The molecule has 0 saturated carbocycles. The fourth-order valence-electron chi connectivity index (χ4n) is 2.55. The van der Waals surface area contributed by atoms with Crippen LogP contribution in [-0.2, 0) is 0 Å². The van der Waals surface area contributed by atoms with Crippen molar-refractivity contribution in [3.63, 3.8) is 0 Å². The van der Waals surface area contributed by atoms with Gasteiger partial charge in [-0.2, -0.15) is 0 Å². The van der Waals surface area contributed by atoms with Crippen molar-refractivity contribution in [3.8, 4) is 0 Å². The third-order valence-electron chi connectivity index (χ3n) is 4.01. The molecule has 0 aromatic heterocycles. The molecule has 0 fully saturated rings. The van der Waals surface area contributed by atoms with Crippen molar-refractivity contribution in [3.05, 3.63) is 96.6 Å². The summed E-state index contributed by atoms with van der Waals surface area (Å²) in [5.74, 6) is 5.63. The molecule has 4 N–H and O–H groups in total. The van der Waals surface area contributed by atoms with E-state index in [-0.39, 0.29) is 5.91 Å². The van der Waals surface area contributed by atoms with Gasteiger partial charge in [0.25, 0.3) is 5.91 Å². The van der Waals surface area contributed by atoms with E-state index in [1.54, 1.807) is 13.1 Å². The molecule has 28 heavy (non-hydrogen) atoms. The number of hydrogen-bond donors (Lipinski definition) is 3. The largest absolute Gasteiger partial charge is 0.355 e. The zero-order chi connectivity index (χ0) is 20.5. The summed E-state index contributed by atoms with van der Waals surface area (Å²) in [4.78, 5) is 13.9. The Kier molecular flexibility index (Phi) is 7.87. The number of nitrogens with one attached hydrogen (secondary N) is 2. The summed E-state index contributed by atoms with van der Waals surface area (Å²) in [6.07, 6.45) is 7.60. The van der Waals surface area contributed by atoms with E-state index in [2.05, 4.69) is 23.9 Å². The number of hydrazine groups is 1. The van der Waals surface area contributed by atoms with E-state index in [4.69, 9.17) is 5.84 Å². The van der Waals surface area contributed by atoms with E-state index in [0.29, 0.717) is 5.56 Å². The zero-order valence-corrected chi connectivity index (χ0v) is 17.0. The number of anilines is 1. The lowest BCUT2D eigenvalue weighted by molar-refractivity contribution is 0.0960. The number of amides is 1. The zero-order valence-electron chi connectivity index (χ0n) is 16.2. The van der Waals surface area contributed by atoms with Crippen LogP contribution >= 0.6 is 11.8 Å². The van der Waals surface area contributed by atoms with Crippen LogP contribution in [0, 0.1) is 0 Å². The van der Waals surface area contributed by atoms with E-state index in [0.717, 1.165) is 32.2 Å². The van der Waals surface area contributed by atoms with Crippen LogP contribution in [0.2, 0.25) is 0 Å². The van der Waals surface area contributed by atoms with Gasteiger partial charge in [0.05, 0.1) is 11.3 Å². The molecule has 1 amide bonds. The maximum Gasteiger partial charge on any atom is 0.252 e. The Balaban J connectivity index is 2.29. The lowest BCUT2D eigenvalue weighted by atomic mass is 10.0. The first kappa shape index (κ1) is 21.3. The summed E-state index contributed by atoms with van der Waals surface area (Å²) in [5.41, 5.74) is 6.98. The van der Waals surface area contributed by atoms with Gasteiger partial charge in [-0.15, -0.1) is 0 Å². The summed E-state index contributed by atoms with van der Waals surface area (Å²) < 4.78 is 0. The van der Waals surface area contributed by atoms with Crippen molar-refractivity contribution < 1.29 is 4.79 Å². The van der Waals surface area contributed by atoms with Crippen LogP contribution in [-0.4, -0.2) is 13.0 Å². The van der Waals surface area contributed by atoms with E-state index >= 15 is 0 Å². The third kappa shape index (κ3) is 5.49. The molecule has 0 radical (unpaired) electrons. The fraction of sp³-hybridized carbons (Fsp3) is 0.0870. The van der Waals surface area contributed by atoms with Crippen LogP contribution in [0.15, 0.2) is 95.3 Å². The summed E-state index contributed by atoms with van der Waals surface area (Å²) in [6.45, 7) is 9.82. The molecule has 5 heteroatoms. The minimum Gasteiger partial charge on any atom is -0.355 e. The van der Waals surface area contributed by atoms with Gasteiger partial charge >= 0.3 is 0 Å². The van der Waals surface area contributed by atoms with Crippen molar-refractivity contribution in [1.29, 1.82) is 0 Å². The molecule has 0 unspecified atom stereocenters. The molecule has 0 heterocycles. The van der Waals surface area contributed by atoms with Crippen LogP contribution in [0.3, 0.4) is 0 Å². The molecule has 0 bridgehead atoms. The molecule has 0 spiro atoms. The van der Waals surface area contributed by atoms with Crippen LogP contribution in [0.5, 0.6) is 0 Å². The van der Waals surface area contributed by atoms with Gasteiger partial charge in [-0.05, 0) is 36.8 Å². The predicted molar refractivity (Wildman–Crippen MR) is 120 cm³/mol. The third-order valence-corrected chi connectivity index (χ3v) is 5.07. The molecule has 4 nitrogen and oxygen atoms in total. The number of hydrogen-bond acceptors (Lipinski definition) is 4. The van der Waals surface area contributed by atoms with Gasteiger partial charge in [-0.3, -0.25) is 10.6 Å². The Morgan fingerprint density at radius 3 is 2.57 bits per heavy atom. The number of carbonyl (C=O) groups excluding carboxylic acids is 1. The van der Waals surface area contributed by atoms with E-state index in [9.17, 15) is 4.79 Å². The van der Waals surface area contributed by atoms with Crippen LogP contribution in [0.1, 0.15) is 22.8 Å². The molecule has 0 atom stereocenters. The van der Waals surface area contributed by atoms with Crippen LogP contribution in [0.4, 0.5) is 5.69 Å². The maximum atomic E-state index is 12.1. The Morgan fingerprint density at radius 2 is 1.89 bits per heavy atom. The highest BCUT2D eigenvalue weighted by atomic mass is 32.2. The second-order valence-corrected chi connectivity index (χ2v) is 7.15. The number of allylic oxidation sites excluding steroid dienone is 6. The average molecular weight is 392 g/mol. The Labute approximate surface area is 170 Å². The molecule has 0 saturated heterocycles. The van der Waals surface area contributed by atoms with Crippen LogP contribution in [0.25, 0.3) is 5.57 Å². The molecule has 144 valence electrons. The van der Waals surface area contributed by atoms with Crippen molar-refractivity contribution in [1.82, 2.24) is 5.32 Å². The van der Waals surface area contributed by atoms with Gasteiger partial charge in [0.1, 0.15) is 0 Å². The van der Waals surface area contributed by atoms with Gasteiger partial charge in [0.15, 0.2) is 0 Å². The van der Waals surface area contributed by atoms with E-state index in [1.165, 1.54) is 11.8 Å². The Bertz CT molecular complexity index is 945. The van der Waals surface area contributed by atoms with Gasteiger partial charge in [-0.1, -0.05) is 73.0 Å². The first-order valence-corrected chi connectivity index (χ1v) is 9.58. The minimum atomic E-state index is -0.113. The number of nitrogens with two attached hydrogens (primary N) is 1. The predicted octanol–water partition coefficient (Wildman–Crippen LogP) is 5.18. The Hall–Kier alpha value is -3.02. The molecule has 2 aromatic carbocycles. The van der Waals surface area contributed by atoms with E-state index < -0.39 is 0 Å². The molecular formula is C23H25N3OS. The lowest BCUT2D eigenvalue weighted by Gasteiger charge is -2.13. The Morgan fingerprint density at radius 1 is 1.14 bits per heavy atom. The van der Waals surface area contributed by atoms with Crippen molar-refractivity contribution in [2.45, 2.75) is 16.7 Å². The molecule has 0 aliphatic heterocycles. The van der Waals surface area contributed by atoms with Crippen molar-refractivity contribution in [2.24, 2.45) is 5.84 Å². The van der Waals surface area contributed by atoms with E-state index in [1.807, 2.05) is 67.6 Å². The van der Waals surface area contributed by atoms with Gasteiger partial charge in [0.2, 0.25) is 0 Å². The molecule has 2 rings (SSSR count). The number of benzene rings is 2. The standard InChI is InChI=1S/C23H25N3OS/c1-5-8-16(2)11-12-17(3)19-14-13-18(15-21(19)26-24)28-22-10-7-6-9-20(22)23(27)25-4/h5-15,26H,1,3,24H2,2,4H3,(H,25,27)/b12-11+,16-8+.